The fourth-order valence-electron chi connectivity index (χ4n) is 3.93. The molecule has 0 radical (unpaired) electrons. The van der Waals surface area contributed by atoms with Crippen LogP contribution in [0.3, 0.4) is 0 Å². The van der Waals surface area contributed by atoms with Gasteiger partial charge in [0.25, 0.3) is 5.91 Å². The maximum absolute atomic E-state index is 13.9. The van der Waals surface area contributed by atoms with Crippen molar-refractivity contribution in [1.82, 2.24) is 10.2 Å². The normalized spacial score (nSPS) is 13.4. The van der Waals surface area contributed by atoms with E-state index < -0.39 is 17.8 Å². The smallest absolute Gasteiger partial charge is 0.323 e. The second-order valence-electron chi connectivity index (χ2n) is 8.73. The van der Waals surface area contributed by atoms with Crippen molar-refractivity contribution in [3.63, 3.8) is 0 Å². The molecule has 0 spiro atoms. The number of ether oxygens (including phenoxy) is 3. The lowest BCUT2D eigenvalue weighted by Gasteiger charge is -2.26. The zero-order valence-electron chi connectivity index (χ0n) is 21.5. The highest BCUT2D eigenvalue weighted by Gasteiger charge is 2.13. The van der Waals surface area contributed by atoms with E-state index >= 15 is 0 Å². The van der Waals surface area contributed by atoms with Crippen LogP contribution in [0.25, 0.3) is 0 Å². The van der Waals surface area contributed by atoms with E-state index in [0.29, 0.717) is 34.5 Å². The van der Waals surface area contributed by atoms with Crippen LogP contribution in [0.2, 0.25) is 5.02 Å². The van der Waals surface area contributed by atoms with Crippen molar-refractivity contribution in [3.8, 4) is 17.2 Å². The number of rotatable bonds is 10. The van der Waals surface area contributed by atoms with Crippen LogP contribution in [0.1, 0.15) is 16.8 Å². The Kier molecular flexibility index (Phi) is 9.96. The van der Waals surface area contributed by atoms with Crippen LogP contribution in [-0.2, 0) is 4.74 Å². The Labute approximate surface area is 231 Å². The van der Waals surface area contributed by atoms with Gasteiger partial charge >= 0.3 is 6.03 Å². The minimum absolute atomic E-state index is 0.133. The zero-order chi connectivity index (χ0) is 27.6. The molecule has 0 bridgehead atoms. The Hall–Kier alpha value is -3.86. The molecule has 11 heteroatoms. The van der Waals surface area contributed by atoms with Gasteiger partial charge in [0.2, 0.25) is 0 Å². The first-order valence-corrected chi connectivity index (χ1v) is 12.9. The van der Waals surface area contributed by atoms with Gasteiger partial charge in [-0.1, -0.05) is 17.7 Å². The number of hydrogen-bond donors (Lipinski definition) is 3. The molecule has 9 nitrogen and oxygen atoms in total. The molecule has 3 amide bonds. The predicted molar refractivity (Wildman–Crippen MR) is 148 cm³/mol. The van der Waals surface area contributed by atoms with Gasteiger partial charge in [0.15, 0.2) is 0 Å². The summed E-state index contributed by atoms with van der Waals surface area (Å²) in [5, 5.41) is 8.24. The van der Waals surface area contributed by atoms with E-state index in [1.54, 1.807) is 42.5 Å². The molecule has 0 aliphatic carbocycles. The van der Waals surface area contributed by atoms with Crippen molar-refractivity contribution >= 4 is 34.9 Å². The number of carbonyl (C=O) groups is 2. The zero-order valence-corrected chi connectivity index (χ0v) is 22.2. The monoisotopic (exact) mass is 556 g/mol. The van der Waals surface area contributed by atoms with E-state index in [-0.39, 0.29) is 11.3 Å². The van der Waals surface area contributed by atoms with Gasteiger partial charge in [0.1, 0.15) is 23.1 Å². The third-order valence-corrected chi connectivity index (χ3v) is 6.20. The minimum Gasteiger partial charge on any atom is -0.492 e. The molecule has 0 aromatic heterocycles. The van der Waals surface area contributed by atoms with Gasteiger partial charge in [-0.25, -0.2) is 9.18 Å². The molecule has 1 fully saturated rings. The van der Waals surface area contributed by atoms with Gasteiger partial charge in [0, 0.05) is 44.1 Å². The average Bonchev–Trinajstić information content (AvgIpc) is 2.93. The average molecular weight is 557 g/mol. The molecule has 3 N–H and O–H groups in total. The van der Waals surface area contributed by atoms with Gasteiger partial charge in [-0.3, -0.25) is 9.69 Å². The number of nitrogens with zero attached hydrogens (tertiary/aromatic N) is 1. The van der Waals surface area contributed by atoms with Gasteiger partial charge in [0.05, 0.1) is 30.4 Å². The van der Waals surface area contributed by atoms with E-state index in [2.05, 4.69) is 20.9 Å². The molecule has 3 aromatic carbocycles. The molecule has 1 saturated heterocycles. The fourth-order valence-corrected chi connectivity index (χ4v) is 4.17. The summed E-state index contributed by atoms with van der Waals surface area (Å²) in [5.74, 6) is -0.00400. The third kappa shape index (κ3) is 8.31. The Morgan fingerprint density at radius 2 is 1.74 bits per heavy atom. The van der Waals surface area contributed by atoms with Crippen molar-refractivity contribution in [2.45, 2.75) is 6.42 Å². The molecule has 206 valence electrons. The Morgan fingerprint density at radius 1 is 1.00 bits per heavy atom. The van der Waals surface area contributed by atoms with Crippen LogP contribution in [0.5, 0.6) is 17.2 Å². The van der Waals surface area contributed by atoms with Gasteiger partial charge in [-0.2, -0.15) is 0 Å². The van der Waals surface area contributed by atoms with Crippen molar-refractivity contribution in [2.24, 2.45) is 0 Å². The number of nitrogens with one attached hydrogen (secondary N) is 3. The maximum atomic E-state index is 13.9. The highest BCUT2D eigenvalue weighted by atomic mass is 35.5. The quantitative estimate of drug-likeness (QED) is 0.290. The summed E-state index contributed by atoms with van der Waals surface area (Å²) in [5.41, 5.74) is 0.829. The lowest BCUT2D eigenvalue weighted by Crippen LogP contribution is -2.37. The second-order valence-corrected chi connectivity index (χ2v) is 9.14. The molecular formula is C28H30ClFN4O5. The molecule has 1 aliphatic heterocycles. The Balaban J connectivity index is 1.28. The summed E-state index contributed by atoms with van der Waals surface area (Å²) in [7, 11) is 1.42. The number of amides is 3. The topological polar surface area (TPSA) is 101 Å². The second kappa shape index (κ2) is 13.8. The number of benzene rings is 3. The lowest BCUT2D eigenvalue weighted by atomic mass is 10.2. The molecule has 3 aromatic rings. The predicted octanol–water partition coefficient (Wildman–Crippen LogP) is 5.38. The molecule has 4 rings (SSSR count). The summed E-state index contributed by atoms with van der Waals surface area (Å²) in [4.78, 5) is 26.7. The van der Waals surface area contributed by atoms with E-state index in [9.17, 15) is 14.0 Å². The van der Waals surface area contributed by atoms with Crippen molar-refractivity contribution in [3.05, 3.63) is 77.1 Å². The molecule has 1 aliphatic rings. The van der Waals surface area contributed by atoms with Crippen LogP contribution in [0.15, 0.2) is 60.7 Å². The number of hydrogen-bond acceptors (Lipinski definition) is 6. The minimum atomic E-state index is -0.655. The Morgan fingerprint density at radius 3 is 2.49 bits per heavy atom. The highest BCUT2D eigenvalue weighted by molar-refractivity contribution is 6.32. The van der Waals surface area contributed by atoms with Crippen molar-refractivity contribution < 1.29 is 28.2 Å². The van der Waals surface area contributed by atoms with Gasteiger partial charge in [-0.05, 0) is 55.0 Å². The van der Waals surface area contributed by atoms with Gasteiger partial charge in [-0.15, -0.1) is 0 Å². The van der Waals surface area contributed by atoms with Crippen LogP contribution in [0, 0.1) is 5.82 Å². The summed E-state index contributed by atoms with van der Waals surface area (Å²) < 4.78 is 30.8. The standard InChI is InChI=1S/C28H30ClFN4O5/c1-31-27(35)23-18-22(7-8-25(23)30)39-21-5-2-4-19(16-21)32-28(36)33-20-6-9-26(24(29)17-20)38-13-3-10-34-11-14-37-15-12-34/h2,4-9,16-18H,3,10-15H2,1H3,(H,31,35)(H2,32,33,36). The van der Waals surface area contributed by atoms with Crippen LogP contribution >= 0.6 is 11.6 Å². The van der Waals surface area contributed by atoms with Crippen LogP contribution in [-0.4, -0.2) is 63.3 Å². The molecular weight excluding hydrogens is 527 g/mol. The molecule has 0 unspecified atom stereocenters. The summed E-state index contributed by atoms with van der Waals surface area (Å²) >= 11 is 6.36. The van der Waals surface area contributed by atoms with E-state index in [1.807, 2.05) is 0 Å². The lowest BCUT2D eigenvalue weighted by molar-refractivity contribution is 0.0358. The highest BCUT2D eigenvalue weighted by Crippen LogP contribution is 2.29. The number of morpholine rings is 1. The van der Waals surface area contributed by atoms with Crippen molar-refractivity contribution in [2.75, 3.05) is 57.1 Å². The molecule has 0 saturated carbocycles. The molecule has 1 heterocycles. The summed E-state index contributed by atoms with van der Waals surface area (Å²) in [6.07, 6.45) is 0.873. The number of urea groups is 1. The van der Waals surface area contributed by atoms with E-state index in [4.69, 9.17) is 25.8 Å². The first-order chi connectivity index (χ1) is 18.9. The van der Waals surface area contributed by atoms with Crippen LogP contribution in [0.4, 0.5) is 20.6 Å². The van der Waals surface area contributed by atoms with Crippen LogP contribution < -0.4 is 25.4 Å². The fraction of sp³-hybridized carbons (Fsp3) is 0.286. The SMILES string of the molecule is CNC(=O)c1cc(Oc2cccc(NC(=O)Nc3ccc(OCCCN4CCOCC4)c(Cl)c3)c2)ccc1F. The first-order valence-electron chi connectivity index (χ1n) is 12.5. The number of carbonyl (C=O) groups excluding carboxylic acids is 2. The first kappa shape index (κ1) is 28.2. The molecule has 39 heavy (non-hydrogen) atoms. The molecule has 0 atom stereocenters. The third-order valence-electron chi connectivity index (χ3n) is 5.91. The van der Waals surface area contributed by atoms with E-state index in [0.717, 1.165) is 45.3 Å². The Bertz CT molecular complexity index is 1300. The number of halogens is 2. The summed E-state index contributed by atoms with van der Waals surface area (Å²) in [6, 6.07) is 15.1. The summed E-state index contributed by atoms with van der Waals surface area (Å²) in [6.45, 7) is 4.89. The maximum Gasteiger partial charge on any atom is 0.323 e. The largest absolute Gasteiger partial charge is 0.492 e. The number of anilines is 2. The van der Waals surface area contributed by atoms with E-state index in [1.165, 1.54) is 19.2 Å². The van der Waals surface area contributed by atoms with Gasteiger partial charge < -0.3 is 30.2 Å². The van der Waals surface area contributed by atoms with Crippen molar-refractivity contribution in [1.29, 1.82) is 0 Å².